The van der Waals surface area contributed by atoms with Gasteiger partial charge in [0.05, 0.1) is 6.26 Å². The van der Waals surface area contributed by atoms with E-state index in [1.807, 2.05) is 36.4 Å². The number of carbonyl (C=O) groups excluding carboxylic acids is 1. The van der Waals surface area contributed by atoms with Gasteiger partial charge in [0.15, 0.2) is 6.61 Å². The number of sulfonamides is 1. The van der Waals surface area contributed by atoms with E-state index in [-0.39, 0.29) is 12.5 Å². The zero-order valence-electron chi connectivity index (χ0n) is 15.7. The van der Waals surface area contributed by atoms with Crippen molar-refractivity contribution in [2.75, 3.05) is 39.0 Å². The van der Waals surface area contributed by atoms with E-state index in [0.29, 0.717) is 43.4 Å². The summed E-state index contributed by atoms with van der Waals surface area (Å²) in [4.78, 5) is 14.1. The molecule has 1 aliphatic rings. The standard InChI is InChI=1S/C20H23ClN2O4S/c1-28(25,26)23-11-9-22(10-12-23)20(24)15-27-19-8-7-18(21)14-17(19)13-16-5-3-2-4-6-16/h2-8,14H,9-13,15H2,1H3. The van der Waals surface area contributed by atoms with Crippen molar-refractivity contribution < 1.29 is 17.9 Å². The van der Waals surface area contributed by atoms with Crippen LogP contribution >= 0.6 is 11.6 Å². The van der Waals surface area contributed by atoms with Gasteiger partial charge < -0.3 is 9.64 Å². The molecule has 6 nitrogen and oxygen atoms in total. The number of rotatable bonds is 6. The number of hydrogen-bond donors (Lipinski definition) is 0. The third-order valence-corrected chi connectivity index (χ3v) is 6.21. The van der Waals surface area contributed by atoms with Crippen molar-refractivity contribution >= 4 is 27.5 Å². The van der Waals surface area contributed by atoms with Gasteiger partial charge in [-0.15, -0.1) is 0 Å². The van der Waals surface area contributed by atoms with Gasteiger partial charge in [-0.25, -0.2) is 8.42 Å². The van der Waals surface area contributed by atoms with Crippen molar-refractivity contribution in [2.24, 2.45) is 0 Å². The third kappa shape index (κ3) is 5.47. The summed E-state index contributed by atoms with van der Waals surface area (Å²) >= 11 is 6.13. The monoisotopic (exact) mass is 422 g/mol. The number of benzene rings is 2. The minimum atomic E-state index is -3.22. The van der Waals surface area contributed by atoms with E-state index in [1.165, 1.54) is 10.6 Å². The lowest BCUT2D eigenvalue weighted by Gasteiger charge is -2.33. The van der Waals surface area contributed by atoms with Gasteiger partial charge in [-0.05, 0) is 29.3 Å². The van der Waals surface area contributed by atoms with E-state index >= 15 is 0 Å². The molecule has 0 aromatic heterocycles. The van der Waals surface area contributed by atoms with Crippen LogP contribution in [0.2, 0.25) is 5.02 Å². The molecule has 0 radical (unpaired) electrons. The SMILES string of the molecule is CS(=O)(=O)N1CCN(C(=O)COc2ccc(Cl)cc2Cc2ccccc2)CC1. The highest BCUT2D eigenvalue weighted by Gasteiger charge is 2.26. The van der Waals surface area contributed by atoms with Crippen LogP contribution in [-0.2, 0) is 21.2 Å². The summed E-state index contributed by atoms with van der Waals surface area (Å²) in [6, 6.07) is 15.3. The van der Waals surface area contributed by atoms with Crippen LogP contribution < -0.4 is 4.74 Å². The summed E-state index contributed by atoms with van der Waals surface area (Å²) in [5.74, 6) is 0.463. The highest BCUT2D eigenvalue weighted by atomic mass is 35.5. The first-order valence-electron chi connectivity index (χ1n) is 9.01. The summed E-state index contributed by atoms with van der Waals surface area (Å²) < 4.78 is 30.3. The van der Waals surface area contributed by atoms with Crippen LogP contribution in [0.1, 0.15) is 11.1 Å². The molecule has 8 heteroatoms. The van der Waals surface area contributed by atoms with Gasteiger partial charge in [0, 0.05) is 37.6 Å². The quantitative estimate of drug-likeness (QED) is 0.717. The number of halogens is 1. The normalized spacial score (nSPS) is 15.4. The minimum absolute atomic E-state index is 0.0949. The number of piperazine rings is 1. The van der Waals surface area contributed by atoms with Gasteiger partial charge in [0.1, 0.15) is 5.75 Å². The predicted molar refractivity (Wildman–Crippen MR) is 109 cm³/mol. The zero-order chi connectivity index (χ0) is 20.1. The van der Waals surface area contributed by atoms with Crippen LogP contribution in [0, 0.1) is 0 Å². The molecule has 0 saturated carbocycles. The molecule has 28 heavy (non-hydrogen) atoms. The van der Waals surface area contributed by atoms with Gasteiger partial charge in [-0.1, -0.05) is 41.9 Å². The molecular formula is C20H23ClN2O4S. The average Bonchev–Trinajstić information content (AvgIpc) is 2.67. The summed E-state index contributed by atoms with van der Waals surface area (Å²) in [7, 11) is -3.22. The number of amides is 1. The molecule has 3 rings (SSSR count). The predicted octanol–water partition coefficient (Wildman–Crippen LogP) is 2.41. The zero-order valence-corrected chi connectivity index (χ0v) is 17.2. The second-order valence-electron chi connectivity index (χ2n) is 6.75. The number of carbonyl (C=O) groups is 1. The summed E-state index contributed by atoms with van der Waals surface area (Å²) in [5, 5.41) is 0.613. The van der Waals surface area contributed by atoms with Crippen LogP contribution in [0.3, 0.4) is 0 Å². The molecule has 0 spiro atoms. The van der Waals surface area contributed by atoms with Crippen LogP contribution in [0.5, 0.6) is 5.75 Å². The van der Waals surface area contributed by atoms with Crippen molar-refractivity contribution in [2.45, 2.75) is 6.42 Å². The smallest absolute Gasteiger partial charge is 0.260 e. The molecule has 1 amide bonds. The lowest BCUT2D eigenvalue weighted by Crippen LogP contribution is -2.51. The fourth-order valence-corrected chi connectivity index (χ4v) is 4.16. The van der Waals surface area contributed by atoms with Gasteiger partial charge in [-0.3, -0.25) is 4.79 Å². The Balaban J connectivity index is 1.61. The maximum absolute atomic E-state index is 12.5. The van der Waals surface area contributed by atoms with Crippen LogP contribution in [-0.4, -0.2) is 62.6 Å². The van der Waals surface area contributed by atoms with Crippen molar-refractivity contribution in [3.63, 3.8) is 0 Å². The molecule has 2 aromatic carbocycles. The maximum atomic E-state index is 12.5. The molecule has 0 unspecified atom stereocenters. The van der Waals surface area contributed by atoms with E-state index in [1.54, 1.807) is 17.0 Å². The summed E-state index contributed by atoms with van der Waals surface area (Å²) in [5.41, 5.74) is 2.03. The minimum Gasteiger partial charge on any atom is -0.483 e. The van der Waals surface area contributed by atoms with E-state index in [2.05, 4.69) is 0 Å². The van der Waals surface area contributed by atoms with Crippen molar-refractivity contribution in [3.8, 4) is 5.75 Å². The first-order chi connectivity index (χ1) is 13.3. The maximum Gasteiger partial charge on any atom is 0.260 e. The Morgan fingerprint density at radius 3 is 2.39 bits per heavy atom. The first-order valence-corrected chi connectivity index (χ1v) is 11.2. The molecule has 150 valence electrons. The molecule has 1 fully saturated rings. The molecule has 1 saturated heterocycles. The van der Waals surface area contributed by atoms with Crippen LogP contribution in [0.25, 0.3) is 0 Å². The van der Waals surface area contributed by atoms with E-state index in [9.17, 15) is 13.2 Å². The van der Waals surface area contributed by atoms with Crippen molar-refractivity contribution in [1.29, 1.82) is 0 Å². The molecule has 0 bridgehead atoms. The third-order valence-electron chi connectivity index (χ3n) is 4.67. The van der Waals surface area contributed by atoms with Gasteiger partial charge in [0.25, 0.3) is 5.91 Å². The largest absolute Gasteiger partial charge is 0.483 e. The Morgan fingerprint density at radius 2 is 1.75 bits per heavy atom. The molecule has 2 aromatic rings. The average molecular weight is 423 g/mol. The molecule has 0 atom stereocenters. The van der Waals surface area contributed by atoms with E-state index < -0.39 is 10.0 Å². The topological polar surface area (TPSA) is 66.9 Å². The van der Waals surface area contributed by atoms with E-state index in [4.69, 9.17) is 16.3 Å². The fourth-order valence-electron chi connectivity index (χ4n) is 3.14. The molecular weight excluding hydrogens is 400 g/mol. The number of ether oxygens (including phenoxy) is 1. The Bertz CT molecular complexity index is 926. The Kier molecular flexibility index (Phi) is 6.59. The van der Waals surface area contributed by atoms with Crippen molar-refractivity contribution in [3.05, 3.63) is 64.7 Å². The molecule has 1 heterocycles. The second kappa shape index (κ2) is 8.94. The lowest BCUT2D eigenvalue weighted by molar-refractivity contribution is -0.134. The molecule has 0 N–H and O–H groups in total. The van der Waals surface area contributed by atoms with Gasteiger partial charge in [-0.2, -0.15) is 4.31 Å². The van der Waals surface area contributed by atoms with Gasteiger partial charge >= 0.3 is 0 Å². The number of nitrogens with zero attached hydrogens (tertiary/aromatic N) is 2. The van der Waals surface area contributed by atoms with Crippen LogP contribution in [0.15, 0.2) is 48.5 Å². The Morgan fingerprint density at radius 1 is 1.07 bits per heavy atom. The Hall–Kier alpha value is -2.09. The summed E-state index contributed by atoms with van der Waals surface area (Å²) in [6.45, 7) is 1.26. The number of hydrogen-bond acceptors (Lipinski definition) is 4. The molecule has 0 aliphatic carbocycles. The highest BCUT2D eigenvalue weighted by molar-refractivity contribution is 7.88. The first kappa shape index (κ1) is 20.6. The van der Waals surface area contributed by atoms with Gasteiger partial charge in [0.2, 0.25) is 10.0 Å². The van der Waals surface area contributed by atoms with Crippen LogP contribution in [0.4, 0.5) is 0 Å². The highest BCUT2D eigenvalue weighted by Crippen LogP contribution is 2.25. The lowest BCUT2D eigenvalue weighted by atomic mass is 10.0. The Labute approximate surface area is 170 Å². The van der Waals surface area contributed by atoms with Crippen molar-refractivity contribution in [1.82, 2.24) is 9.21 Å². The van der Waals surface area contributed by atoms with E-state index in [0.717, 1.165) is 11.1 Å². The second-order valence-corrected chi connectivity index (χ2v) is 9.16. The molecule has 1 aliphatic heterocycles. The summed E-state index contributed by atoms with van der Waals surface area (Å²) in [6.07, 6.45) is 1.83. The fraction of sp³-hybridized carbons (Fsp3) is 0.350.